The molecule has 2 atom stereocenters. The van der Waals surface area contributed by atoms with Gasteiger partial charge in [-0.1, -0.05) is 24.3 Å². The monoisotopic (exact) mass is 454 g/mol. The lowest BCUT2D eigenvalue weighted by Gasteiger charge is -2.37. The minimum atomic E-state index is -0.429. The Morgan fingerprint density at radius 3 is 2.88 bits per heavy atom. The van der Waals surface area contributed by atoms with Crippen molar-refractivity contribution in [2.24, 2.45) is 5.92 Å². The normalized spacial score (nSPS) is 18.9. The zero-order chi connectivity index (χ0) is 22.3. The van der Waals surface area contributed by atoms with E-state index >= 15 is 0 Å². The summed E-state index contributed by atoms with van der Waals surface area (Å²) in [6.45, 7) is 6.69. The van der Waals surface area contributed by atoms with Crippen molar-refractivity contribution in [3.63, 3.8) is 0 Å². The van der Waals surface area contributed by atoms with Crippen LogP contribution in [0.4, 0.5) is 0 Å². The van der Waals surface area contributed by atoms with E-state index in [0.29, 0.717) is 38.6 Å². The number of carbonyl (C=O) groups excluding carboxylic acids is 1. The third kappa shape index (κ3) is 6.21. The molecule has 1 aliphatic heterocycles. The molecular weight excluding hydrogens is 420 g/mol. The zero-order valence-corrected chi connectivity index (χ0v) is 19.5. The maximum absolute atomic E-state index is 13.5. The molecule has 2 aromatic rings. The fourth-order valence-corrected chi connectivity index (χ4v) is 5.35. The molecule has 0 saturated heterocycles. The average molecular weight is 455 g/mol. The van der Waals surface area contributed by atoms with E-state index in [1.807, 2.05) is 41.3 Å². The number of nitrogens with zero attached hydrogens (tertiary/aromatic N) is 2. The molecule has 4 rings (SSSR count). The molecule has 2 aliphatic rings. The molecule has 1 aromatic carbocycles. The summed E-state index contributed by atoms with van der Waals surface area (Å²) < 4.78 is 6.09. The van der Waals surface area contributed by atoms with E-state index in [9.17, 15) is 9.90 Å². The Hall–Kier alpha value is -2.15. The van der Waals surface area contributed by atoms with Crippen molar-refractivity contribution >= 4 is 17.2 Å². The highest BCUT2D eigenvalue weighted by Gasteiger charge is 2.34. The van der Waals surface area contributed by atoms with E-state index < -0.39 is 6.10 Å². The highest BCUT2D eigenvalue weighted by molar-refractivity contribution is 7.10. The van der Waals surface area contributed by atoms with Gasteiger partial charge in [-0.05, 0) is 67.2 Å². The first-order valence-electron chi connectivity index (χ1n) is 11.7. The van der Waals surface area contributed by atoms with Gasteiger partial charge in [0, 0.05) is 24.5 Å². The number of para-hydroxylation sites is 1. The molecule has 1 aliphatic carbocycles. The van der Waals surface area contributed by atoms with Crippen molar-refractivity contribution in [3.8, 4) is 5.75 Å². The molecule has 1 saturated carbocycles. The number of benzene rings is 1. The summed E-state index contributed by atoms with van der Waals surface area (Å²) in [6.07, 6.45) is 6.23. The molecule has 1 fully saturated rings. The van der Waals surface area contributed by atoms with E-state index in [4.69, 9.17) is 4.74 Å². The molecule has 0 bridgehead atoms. The number of carbonyl (C=O) groups is 1. The summed E-state index contributed by atoms with van der Waals surface area (Å²) in [4.78, 5) is 19.0. The number of rotatable bonds is 12. The Balaban J connectivity index is 1.43. The third-order valence-electron chi connectivity index (χ3n) is 6.31. The number of hydrogen-bond acceptors (Lipinski definition) is 5. The Labute approximate surface area is 195 Å². The first kappa shape index (κ1) is 23.0. The van der Waals surface area contributed by atoms with E-state index in [1.165, 1.54) is 23.3 Å². The van der Waals surface area contributed by atoms with Gasteiger partial charge in [0.1, 0.15) is 12.4 Å². The third-order valence-corrected chi connectivity index (χ3v) is 7.31. The summed E-state index contributed by atoms with van der Waals surface area (Å²) in [7, 11) is 0. The summed E-state index contributed by atoms with van der Waals surface area (Å²) >= 11 is 1.77. The van der Waals surface area contributed by atoms with Crippen LogP contribution in [0.25, 0.3) is 0 Å². The van der Waals surface area contributed by atoms with Gasteiger partial charge in [0.2, 0.25) is 5.91 Å². The molecule has 0 spiro atoms. The van der Waals surface area contributed by atoms with E-state index in [0.717, 1.165) is 25.1 Å². The van der Waals surface area contributed by atoms with Crippen LogP contribution in [0.2, 0.25) is 0 Å². The van der Waals surface area contributed by atoms with Crippen LogP contribution < -0.4 is 4.74 Å². The van der Waals surface area contributed by atoms with Gasteiger partial charge in [-0.2, -0.15) is 0 Å². The Morgan fingerprint density at radius 1 is 1.31 bits per heavy atom. The largest absolute Gasteiger partial charge is 0.491 e. The highest BCUT2D eigenvalue weighted by Crippen LogP contribution is 2.34. The van der Waals surface area contributed by atoms with Gasteiger partial charge in [-0.15, -0.1) is 17.9 Å². The fourth-order valence-electron chi connectivity index (χ4n) is 4.42. The summed E-state index contributed by atoms with van der Waals surface area (Å²) in [5, 5.41) is 12.6. The fraction of sp³-hybridized carbons (Fsp3) is 0.500. The number of allylic oxidation sites excluding steroid dienone is 1. The number of fused-ring (bicyclic) bond motifs is 1. The molecule has 6 heteroatoms. The van der Waals surface area contributed by atoms with Crippen LogP contribution in [0.1, 0.15) is 42.2 Å². The minimum Gasteiger partial charge on any atom is -0.491 e. The van der Waals surface area contributed by atoms with Crippen molar-refractivity contribution in [3.05, 3.63) is 64.9 Å². The predicted molar refractivity (Wildman–Crippen MR) is 129 cm³/mol. The summed E-state index contributed by atoms with van der Waals surface area (Å²) in [5.41, 5.74) is 1.21. The van der Waals surface area contributed by atoms with Crippen molar-refractivity contribution in [1.29, 1.82) is 0 Å². The Morgan fingerprint density at radius 2 is 2.12 bits per heavy atom. The minimum absolute atomic E-state index is 0.0776. The molecule has 32 heavy (non-hydrogen) atoms. The topological polar surface area (TPSA) is 53.0 Å². The first-order chi connectivity index (χ1) is 15.6. The van der Waals surface area contributed by atoms with Gasteiger partial charge >= 0.3 is 0 Å². The summed E-state index contributed by atoms with van der Waals surface area (Å²) in [6, 6.07) is 11.9. The average Bonchev–Trinajstić information content (AvgIpc) is 3.48. The molecule has 5 nitrogen and oxygen atoms in total. The smallest absolute Gasteiger partial charge is 0.237 e. The Kier molecular flexibility index (Phi) is 8.00. The van der Waals surface area contributed by atoms with Crippen molar-refractivity contribution in [2.75, 3.05) is 32.8 Å². The molecule has 0 unspecified atom stereocenters. The van der Waals surface area contributed by atoms with Gasteiger partial charge < -0.3 is 14.7 Å². The number of aliphatic hydroxyl groups excluding tert-OH is 1. The van der Waals surface area contributed by atoms with Gasteiger partial charge in [0.25, 0.3) is 0 Å². The number of ether oxygens (including phenoxy) is 1. The lowest BCUT2D eigenvalue weighted by Crippen LogP contribution is -2.48. The van der Waals surface area contributed by atoms with E-state index in [-0.39, 0.29) is 11.9 Å². The lowest BCUT2D eigenvalue weighted by atomic mass is 10.0. The molecular formula is C26H34N2O3S. The van der Waals surface area contributed by atoms with Crippen molar-refractivity contribution in [2.45, 2.75) is 44.2 Å². The van der Waals surface area contributed by atoms with Crippen LogP contribution in [0, 0.1) is 5.92 Å². The molecule has 0 radical (unpaired) electrons. The van der Waals surface area contributed by atoms with Crippen molar-refractivity contribution < 1.29 is 14.6 Å². The number of amides is 1. The lowest BCUT2D eigenvalue weighted by molar-refractivity contribution is -0.136. The second kappa shape index (κ2) is 11.1. The van der Waals surface area contributed by atoms with Gasteiger partial charge in [0.05, 0.1) is 18.7 Å². The van der Waals surface area contributed by atoms with Crippen LogP contribution in [-0.4, -0.2) is 59.7 Å². The first-order valence-corrected chi connectivity index (χ1v) is 12.6. The molecule has 1 N–H and O–H groups in total. The number of hydrogen-bond donors (Lipinski definition) is 1. The Bertz CT molecular complexity index is 880. The molecule has 172 valence electrons. The SMILES string of the molecule is C=CCC[C@@H](O)CN(CC(=O)N1CCc2sccc2[C@@H]1COc1ccccc1)CC1CC1. The van der Waals surface area contributed by atoms with Crippen LogP contribution >= 0.6 is 11.3 Å². The number of aliphatic hydroxyl groups is 1. The second-order valence-electron chi connectivity index (χ2n) is 8.93. The quantitative estimate of drug-likeness (QED) is 0.486. The van der Waals surface area contributed by atoms with Crippen LogP contribution in [0.3, 0.4) is 0 Å². The summed E-state index contributed by atoms with van der Waals surface area (Å²) in [5.74, 6) is 1.61. The second-order valence-corrected chi connectivity index (χ2v) is 9.93. The van der Waals surface area contributed by atoms with Crippen LogP contribution in [-0.2, 0) is 11.2 Å². The zero-order valence-electron chi connectivity index (χ0n) is 18.7. The maximum Gasteiger partial charge on any atom is 0.237 e. The van der Waals surface area contributed by atoms with Gasteiger partial charge in [-0.25, -0.2) is 0 Å². The van der Waals surface area contributed by atoms with Crippen LogP contribution in [0.15, 0.2) is 54.4 Å². The van der Waals surface area contributed by atoms with E-state index in [1.54, 1.807) is 11.3 Å². The van der Waals surface area contributed by atoms with Gasteiger partial charge in [-0.3, -0.25) is 9.69 Å². The van der Waals surface area contributed by atoms with Crippen molar-refractivity contribution in [1.82, 2.24) is 9.80 Å². The molecule has 1 amide bonds. The highest BCUT2D eigenvalue weighted by atomic mass is 32.1. The standard InChI is InChI=1S/C26H34N2O3S/c1-2-3-7-21(29)17-27(16-20-10-11-20)18-26(30)28-14-12-25-23(13-15-32-25)24(28)19-31-22-8-5-4-6-9-22/h2,4-6,8-9,13,15,20-21,24,29H,1,3,7,10-12,14,16-19H2/t21-,24+/m1/s1. The maximum atomic E-state index is 13.5. The van der Waals surface area contributed by atoms with Crippen LogP contribution in [0.5, 0.6) is 5.75 Å². The predicted octanol–water partition coefficient (Wildman–Crippen LogP) is 4.29. The molecule has 1 aromatic heterocycles. The van der Waals surface area contributed by atoms with E-state index in [2.05, 4.69) is 22.9 Å². The number of thiophene rings is 1. The van der Waals surface area contributed by atoms with Gasteiger partial charge in [0.15, 0.2) is 0 Å². The molecule has 2 heterocycles.